The van der Waals surface area contributed by atoms with Crippen LogP contribution >= 0.6 is 24.0 Å². The second-order valence-corrected chi connectivity index (χ2v) is 16.3. The summed E-state index contributed by atoms with van der Waals surface area (Å²) >= 11 is 6.60. The van der Waals surface area contributed by atoms with E-state index in [1.807, 2.05) is 104 Å². The molecule has 0 N–H and O–H groups in total. The smallest absolute Gasteiger partial charge is 0.168 e. The first-order valence-corrected chi connectivity index (χ1v) is 19.7. The molecule has 3 heterocycles. The van der Waals surface area contributed by atoms with E-state index in [0.717, 1.165) is 50.2 Å². The first-order chi connectivity index (χ1) is 32.8. The maximum Gasteiger partial charge on any atom is 0.168 e. The van der Waals surface area contributed by atoms with Crippen LogP contribution in [0.2, 0.25) is 5.02 Å². The van der Waals surface area contributed by atoms with Crippen LogP contribution in [0.3, 0.4) is 0 Å². The summed E-state index contributed by atoms with van der Waals surface area (Å²) < 4.78 is 96.3. The van der Waals surface area contributed by atoms with Crippen molar-refractivity contribution >= 4 is 68.6 Å². The number of pyridine rings is 1. The third kappa shape index (κ3) is 7.42. The minimum Gasteiger partial charge on any atom is -1.00 e. The quantitative estimate of drug-likeness (QED) is 0.150. The minimum absolute atomic E-state index is 0. The Kier molecular flexibility index (Phi) is 8.31. The van der Waals surface area contributed by atoms with Gasteiger partial charge in [-0.05, 0) is 88.8 Å². The fourth-order valence-electron chi connectivity index (χ4n) is 8.34. The lowest BCUT2D eigenvalue weighted by atomic mass is 9.88. The van der Waals surface area contributed by atoms with Crippen molar-refractivity contribution in [1.82, 2.24) is 14.0 Å². The highest BCUT2D eigenvalue weighted by molar-refractivity contribution is 6.31. The average molecular weight is 870 g/mol. The maximum absolute atomic E-state index is 9.09. The molecule has 7 aromatic carbocycles. The molecule has 0 saturated heterocycles. The fourth-order valence-corrected chi connectivity index (χ4v) is 8.51. The average Bonchev–Trinajstić information content (AvgIpc) is 3.82. The second kappa shape index (κ2) is 16.4. The standard InChI is InChI=1S/C53H44ClN4O.2ClH/c1-53(2,3)38-29-30-55-51(31-38)57-48-32-39(54)25-27-45(48)46-28-26-42(34-49(46)57)59-41-20-13-19-40(33-41)56-35-58(4,50-24-12-11-23-47(50)56)52-43(36-15-7-5-8-16-36)21-14-22-44(52)37-17-9-6-10-18-37;;/h5-34H,35H2,1-4H3;2*1H/q+1;;/p-1/i5D,6D,7D,8D,9D,10D,15D,16D,17D,18D;;. The number of anilines is 2. The number of hydrogen-bond acceptors (Lipinski definition) is 3. The summed E-state index contributed by atoms with van der Waals surface area (Å²) in [6.45, 7) is 6.68. The summed E-state index contributed by atoms with van der Waals surface area (Å²) in [5.74, 6) is 1.88. The third-order valence-electron chi connectivity index (χ3n) is 11.1. The Labute approximate surface area is 388 Å². The van der Waals surface area contributed by atoms with Gasteiger partial charge >= 0.3 is 0 Å². The van der Waals surface area contributed by atoms with Crippen LogP contribution in [0.5, 0.6) is 11.5 Å². The van der Waals surface area contributed by atoms with Gasteiger partial charge in [-0.2, -0.15) is 0 Å². The third-order valence-corrected chi connectivity index (χ3v) is 11.3. The van der Waals surface area contributed by atoms with Gasteiger partial charge < -0.3 is 17.1 Å². The molecule has 10 rings (SSSR count). The summed E-state index contributed by atoms with van der Waals surface area (Å²) in [4.78, 5) is 6.91. The molecule has 1 unspecified atom stereocenters. The highest BCUT2D eigenvalue weighted by Gasteiger charge is 2.44. The Bertz CT molecular complexity index is 3490. The minimum atomic E-state index is -0.549. The SMILES string of the molecule is Cl.[2H]c1c([2H])c([2H])c(-c2cccc(-c3c([2H])c([2H])c([2H])c([2H])c3[2H])c2[N+]2(C)CN(c3cccc(Oc4ccc5c6ccc(Cl)cc6n(-c6cc(C(C)(C)C)ccn6)c5c4)c3)c3ccccc32)c([2H])c1[2H].[Cl-]. The van der Waals surface area contributed by atoms with Crippen LogP contribution in [0.25, 0.3) is 49.9 Å². The number of halogens is 3. The van der Waals surface area contributed by atoms with Gasteiger partial charge in [0.1, 0.15) is 23.0 Å². The van der Waals surface area contributed by atoms with Gasteiger partial charge in [-0.3, -0.25) is 9.47 Å². The number of aromatic nitrogens is 2. The maximum atomic E-state index is 9.09. The Morgan fingerprint density at radius 3 is 2.00 bits per heavy atom. The van der Waals surface area contributed by atoms with E-state index in [1.54, 1.807) is 18.2 Å². The molecule has 9 aromatic rings. The van der Waals surface area contributed by atoms with E-state index >= 15 is 0 Å². The van der Waals surface area contributed by atoms with E-state index < -0.39 is 60.4 Å². The molecule has 0 aliphatic carbocycles. The van der Waals surface area contributed by atoms with E-state index in [-0.39, 0.29) is 63.6 Å². The first kappa shape index (κ1) is 30.9. The first-order valence-electron chi connectivity index (χ1n) is 24.3. The summed E-state index contributed by atoms with van der Waals surface area (Å²) in [6.07, 6.45) is 1.83. The number of ether oxygens (including phenoxy) is 1. The summed E-state index contributed by atoms with van der Waals surface area (Å²) in [5, 5.41) is 2.62. The summed E-state index contributed by atoms with van der Waals surface area (Å²) in [5.41, 5.74) is 5.83. The molecule has 1 aliphatic rings. The van der Waals surface area contributed by atoms with Gasteiger partial charge in [0.25, 0.3) is 0 Å². The van der Waals surface area contributed by atoms with Crippen molar-refractivity contribution in [2.75, 3.05) is 18.6 Å². The van der Waals surface area contributed by atoms with Crippen molar-refractivity contribution < 1.29 is 30.9 Å². The zero-order valence-corrected chi connectivity index (χ0v) is 35.9. The Hall–Kier alpha value is -6.08. The van der Waals surface area contributed by atoms with Crippen molar-refractivity contribution in [3.63, 3.8) is 0 Å². The number of fused-ring (bicyclic) bond motifs is 4. The van der Waals surface area contributed by atoms with Crippen LogP contribution in [0, 0.1) is 0 Å². The number of hydrogen-bond donors (Lipinski definition) is 0. The molecule has 5 nitrogen and oxygen atoms in total. The number of nitrogens with zero attached hydrogens (tertiary/aromatic N) is 4. The molecule has 2 aromatic heterocycles. The fraction of sp³-hybridized carbons (Fsp3) is 0.113. The van der Waals surface area contributed by atoms with Crippen molar-refractivity contribution in [3.05, 3.63) is 192 Å². The van der Waals surface area contributed by atoms with Crippen LogP contribution in [0.4, 0.5) is 22.7 Å². The lowest BCUT2D eigenvalue weighted by Gasteiger charge is -2.33. The molecule has 0 fully saturated rings. The molecule has 0 bridgehead atoms. The lowest BCUT2D eigenvalue weighted by molar-refractivity contribution is -0.0000124. The molecule has 0 spiro atoms. The van der Waals surface area contributed by atoms with E-state index in [4.69, 9.17) is 35.0 Å². The number of para-hydroxylation sites is 3. The van der Waals surface area contributed by atoms with Crippen molar-refractivity contribution in [2.24, 2.45) is 0 Å². The monoisotopic (exact) mass is 868 g/mol. The summed E-state index contributed by atoms with van der Waals surface area (Å²) in [6, 6.07) is 31.3. The van der Waals surface area contributed by atoms with Crippen molar-refractivity contribution in [2.45, 2.75) is 26.2 Å². The van der Waals surface area contributed by atoms with E-state index in [0.29, 0.717) is 22.2 Å². The van der Waals surface area contributed by atoms with E-state index in [9.17, 15) is 0 Å². The molecular formula is C53H45Cl3N4O. The highest BCUT2D eigenvalue weighted by atomic mass is 35.5. The molecule has 8 heteroatoms. The van der Waals surface area contributed by atoms with Crippen LogP contribution in [-0.4, -0.2) is 23.3 Å². The Balaban J connectivity index is 0.00000338. The van der Waals surface area contributed by atoms with E-state index in [2.05, 4.69) is 36.3 Å². The predicted molar refractivity (Wildman–Crippen MR) is 254 cm³/mol. The Morgan fingerprint density at radius 2 is 1.31 bits per heavy atom. The van der Waals surface area contributed by atoms with Crippen LogP contribution in [0.15, 0.2) is 182 Å². The lowest BCUT2D eigenvalue weighted by Crippen LogP contribution is -3.00. The zero-order valence-electron chi connectivity index (χ0n) is 43.6. The molecule has 61 heavy (non-hydrogen) atoms. The van der Waals surface area contributed by atoms with Gasteiger partial charge in [0.15, 0.2) is 18.0 Å². The topological polar surface area (TPSA) is 30.3 Å². The van der Waals surface area contributed by atoms with E-state index in [1.165, 1.54) is 0 Å². The normalized spacial score (nSPS) is 17.0. The van der Waals surface area contributed by atoms with Gasteiger partial charge in [-0.1, -0.05) is 123 Å². The highest BCUT2D eigenvalue weighted by Crippen LogP contribution is 2.54. The van der Waals surface area contributed by atoms with Crippen molar-refractivity contribution in [3.8, 4) is 39.6 Å². The molecule has 0 saturated carbocycles. The second-order valence-electron chi connectivity index (χ2n) is 15.9. The van der Waals surface area contributed by atoms with Crippen molar-refractivity contribution in [1.29, 1.82) is 0 Å². The van der Waals surface area contributed by atoms with Crippen LogP contribution in [0.1, 0.15) is 40.0 Å². The molecule has 304 valence electrons. The van der Waals surface area contributed by atoms with Gasteiger partial charge in [0.05, 0.1) is 37.5 Å². The molecule has 1 aliphatic heterocycles. The molecule has 0 amide bonds. The van der Waals surface area contributed by atoms with Crippen LogP contribution < -0.4 is 26.5 Å². The van der Waals surface area contributed by atoms with Gasteiger partial charge in [0, 0.05) is 51.3 Å². The summed E-state index contributed by atoms with van der Waals surface area (Å²) in [7, 11) is 1.92. The van der Waals surface area contributed by atoms with Gasteiger partial charge in [-0.25, -0.2) is 9.47 Å². The molecule has 1 atom stereocenters. The molecule has 0 radical (unpaired) electrons. The molecular weight excluding hydrogens is 815 g/mol. The van der Waals surface area contributed by atoms with Gasteiger partial charge in [-0.15, -0.1) is 12.4 Å². The largest absolute Gasteiger partial charge is 1.00 e. The number of benzene rings is 7. The Morgan fingerprint density at radius 1 is 0.689 bits per heavy atom. The van der Waals surface area contributed by atoms with Gasteiger partial charge in [0.2, 0.25) is 0 Å². The number of rotatable bonds is 7. The van der Waals surface area contributed by atoms with Crippen LogP contribution in [-0.2, 0) is 5.41 Å². The predicted octanol–water partition coefficient (Wildman–Crippen LogP) is 12.1. The number of quaternary nitrogens is 1. The zero-order chi connectivity index (χ0) is 49.0.